The van der Waals surface area contributed by atoms with Gasteiger partial charge in [-0.3, -0.25) is 14.4 Å². The van der Waals surface area contributed by atoms with E-state index in [0.717, 1.165) is 109 Å². The van der Waals surface area contributed by atoms with Crippen molar-refractivity contribution in [2.24, 2.45) is 0 Å². The fourth-order valence-electron chi connectivity index (χ4n) is 9.28. The van der Waals surface area contributed by atoms with E-state index in [4.69, 9.17) is 14.2 Å². The van der Waals surface area contributed by atoms with Gasteiger partial charge in [-0.15, -0.1) is 0 Å². The van der Waals surface area contributed by atoms with Crippen LogP contribution >= 0.6 is 0 Å². The van der Waals surface area contributed by atoms with Crippen molar-refractivity contribution in [1.82, 2.24) is 0 Å². The number of allylic oxidation sites excluding steroid dienone is 23. The van der Waals surface area contributed by atoms with Crippen LogP contribution in [0.2, 0.25) is 0 Å². The minimum atomic E-state index is -0.842. The Morgan fingerprint density at radius 1 is 0.265 bits per heavy atom. The molecule has 1 atom stereocenters. The largest absolute Gasteiger partial charge is 0.462 e. The molecule has 0 spiro atoms. The number of rotatable bonds is 61. The SMILES string of the molecule is CC/C=C\C/C=C\C/C=C\C/C=C\C/C=C\CCCCCC(=O)OC(COC(=O)C/C=C\C/C=C\C/C=C\C/C=C\C/C=C\CC)COC(=O)CCCCCCCCCCCCCCCCCCCCC/C=C\C/C=C\CCCCCCC. The summed E-state index contributed by atoms with van der Waals surface area (Å²) in [5.41, 5.74) is 0. The Hall–Kier alpha value is -4.71. The molecule has 6 heteroatoms. The van der Waals surface area contributed by atoms with E-state index in [-0.39, 0.29) is 38.0 Å². The van der Waals surface area contributed by atoms with Gasteiger partial charge in [0.2, 0.25) is 0 Å². The van der Waals surface area contributed by atoms with Gasteiger partial charge in [0.05, 0.1) is 6.42 Å². The fourth-order valence-corrected chi connectivity index (χ4v) is 9.28. The topological polar surface area (TPSA) is 78.9 Å². The maximum Gasteiger partial charge on any atom is 0.309 e. The van der Waals surface area contributed by atoms with Crippen LogP contribution in [0.25, 0.3) is 0 Å². The van der Waals surface area contributed by atoms with E-state index >= 15 is 0 Å². The first kappa shape index (κ1) is 78.3. The van der Waals surface area contributed by atoms with Gasteiger partial charge in [-0.05, 0) is 122 Å². The Balaban J connectivity index is 4.35. The van der Waals surface area contributed by atoms with Crippen molar-refractivity contribution < 1.29 is 28.6 Å². The lowest BCUT2D eigenvalue weighted by molar-refractivity contribution is -0.166. The van der Waals surface area contributed by atoms with Crippen LogP contribution in [0.3, 0.4) is 0 Å². The Kier molecular flexibility index (Phi) is 65.8. The minimum Gasteiger partial charge on any atom is -0.462 e. The van der Waals surface area contributed by atoms with Crippen LogP contribution in [-0.2, 0) is 28.6 Å². The highest BCUT2D eigenvalue weighted by molar-refractivity contribution is 5.72. The van der Waals surface area contributed by atoms with Crippen LogP contribution in [0.15, 0.2) is 146 Å². The Bertz CT molecular complexity index is 1800. The second kappa shape index (κ2) is 69.8. The highest BCUT2D eigenvalue weighted by atomic mass is 16.6. The van der Waals surface area contributed by atoms with Crippen LogP contribution < -0.4 is 0 Å². The number of ether oxygens (including phenoxy) is 3. The molecule has 0 aromatic carbocycles. The smallest absolute Gasteiger partial charge is 0.309 e. The molecular weight excluding hydrogens is 1020 g/mol. The summed E-state index contributed by atoms with van der Waals surface area (Å²) in [4.78, 5) is 38.3. The molecule has 0 saturated carbocycles. The van der Waals surface area contributed by atoms with Crippen LogP contribution in [0.1, 0.15) is 303 Å². The van der Waals surface area contributed by atoms with E-state index in [1.54, 1.807) is 6.08 Å². The van der Waals surface area contributed by atoms with E-state index in [0.29, 0.717) is 12.8 Å². The number of carbonyl (C=O) groups is 3. The molecule has 0 rings (SSSR count). The molecule has 0 fully saturated rings. The molecule has 0 aliphatic rings. The summed E-state index contributed by atoms with van der Waals surface area (Å²) in [5.74, 6) is -1.09. The Morgan fingerprint density at radius 2 is 0.518 bits per heavy atom. The summed E-state index contributed by atoms with van der Waals surface area (Å²) >= 11 is 0. The van der Waals surface area contributed by atoms with E-state index < -0.39 is 12.1 Å². The van der Waals surface area contributed by atoms with Crippen LogP contribution in [0.4, 0.5) is 0 Å². The fraction of sp³-hybridized carbons (Fsp3) is 0.649. The average Bonchev–Trinajstić information content (AvgIpc) is 3.49. The Morgan fingerprint density at radius 3 is 0.855 bits per heavy atom. The molecule has 83 heavy (non-hydrogen) atoms. The number of hydrogen-bond donors (Lipinski definition) is 0. The van der Waals surface area contributed by atoms with Gasteiger partial charge in [-0.1, -0.05) is 308 Å². The quantitative estimate of drug-likeness (QED) is 0.0261. The molecule has 0 heterocycles. The normalized spacial score (nSPS) is 13.0. The van der Waals surface area contributed by atoms with Gasteiger partial charge in [0.25, 0.3) is 0 Å². The van der Waals surface area contributed by atoms with Gasteiger partial charge < -0.3 is 14.2 Å². The molecule has 0 aliphatic carbocycles. The maximum atomic E-state index is 12.9. The van der Waals surface area contributed by atoms with Crippen LogP contribution in [-0.4, -0.2) is 37.2 Å². The molecular formula is C77H126O6. The zero-order chi connectivity index (χ0) is 59.9. The molecule has 0 bridgehead atoms. The van der Waals surface area contributed by atoms with Crippen molar-refractivity contribution >= 4 is 17.9 Å². The molecule has 0 aromatic rings. The summed E-state index contributed by atoms with van der Waals surface area (Å²) in [6.45, 7) is 6.30. The second-order valence-corrected chi connectivity index (χ2v) is 22.3. The molecule has 0 saturated heterocycles. The maximum absolute atomic E-state index is 12.9. The molecule has 0 amide bonds. The van der Waals surface area contributed by atoms with Gasteiger partial charge in [0.1, 0.15) is 13.2 Å². The highest BCUT2D eigenvalue weighted by Crippen LogP contribution is 2.16. The summed E-state index contributed by atoms with van der Waals surface area (Å²) in [6.07, 6.45) is 101. The zero-order valence-electron chi connectivity index (χ0n) is 53.9. The Labute approximate surface area is 512 Å². The van der Waals surface area contributed by atoms with Crippen molar-refractivity contribution in [3.05, 3.63) is 146 Å². The van der Waals surface area contributed by atoms with Gasteiger partial charge in [-0.2, -0.15) is 0 Å². The molecule has 6 nitrogen and oxygen atoms in total. The predicted molar refractivity (Wildman–Crippen MR) is 362 cm³/mol. The monoisotopic (exact) mass is 1150 g/mol. The van der Waals surface area contributed by atoms with Crippen molar-refractivity contribution in [3.8, 4) is 0 Å². The van der Waals surface area contributed by atoms with Crippen molar-refractivity contribution in [2.75, 3.05) is 13.2 Å². The van der Waals surface area contributed by atoms with E-state index in [1.165, 1.54) is 148 Å². The molecule has 0 N–H and O–H groups in total. The first-order chi connectivity index (χ1) is 41.0. The highest BCUT2D eigenvalue weighted by Gasteiger charge is 2.19. The minimum absolute atomic E-state index is 0.115. The summed E-state index contributed by atoms with van der Waals surface area (Å²) in [7, 11) is 0. The molecule has 0 aliphatic heterocycles. The second-order valence-electron chi connectivity index (χ2n) is 22.3. The average molecular weight is 1150 g/mol. The van der Waals surface area contributed by atoms with Crippen molar-refractivity contribution in [1.29, 1.82) is 0 Å². The van der Waals surface area contributed by atoms with Gasteiger partial charge in [0.15, 0.2) is 6.10 Å². The van der Waals surface area contributed by atoms with Gasteiger partial charge >= 0.3 is 17.9 Å². The number of esters is 3. The van der Waals surface area contributed by atoms with E-state index in [2.05, 4.69) is 154 Å². The summed E-state index contributed by atoms with van der Waals surface area (Å²) in [5, 5.41) is 0. The summed E-state index contributed by atoms with van der Waals surface area (Å²) in [6, 6.07) is 0. The first-order valence-corrected chi connectivity index (χ1v) is 34.3. The lowest BCUT2D eigenvalue weighted by Crippen LogP contribution is -2.30. The zero-order valence-corrected chi connectivity index (χ0v) is 53.9. The number of unbranched alkanes of at least 4 members (excludes halogenated alkanes) is 27. The van der Waals surface area contributed by atoms with Gasteiger partial charge in [-0.25, -0.2) is 0 Å². The summed E-state index contributed by atoms with van der Waals surface area (Å²) < 4.78 is 16.8. The lowest BCUT2D eigenvalue weighted by Gasteiger charge is -2.18. The third-order valence-corrected chi connectivity index (χ3v) is 14.3. The number of hydrogen-bond acceptors (Lipinski definition) is 6. The molecule has 1 unspecified atom stereocenters. The lowest BCUT2D eigenvalue weighted by atomic mass is 10.0. The van der Waals surface area contributed by atoms with Gasteiger partial charge in [0, 0.05) is 12.8 Å². The number of carbonyl (C=O) groups excluding carboxylic acids is 3. The molecule has 0 aromatic heterocycles. The standard InChI is InChI=1S/C77H126O6/c1-4-7-10-13-16-19-22-25-28-30-32-33-34-35-36-37-38-39-40-41-42-43-45-46-49-52-55-58-61-64-67-70-76(79)82-73-74(72-81-75(78)69-66-63-60-57-54-51-48-27-24-21-18-15-12-9-6-3)83-77(80)71-68-65-62-59-56-53-50-47-44-31-29-26-23-20-17-14-11-8-5-2/h8-9,11-12,17-18,20-22,25-27,29-30,32,44,47-48,53-54,56-57,63,66,74H,4-7,10,13-16,19,23-24,28,31,33-43,45-46,49-52,55,58-62,64-65,67-73H2,1-3H3/b11-8-,12-9-,20-17-,21-18-,25-22-,29-26-,32-30-,47-44-,48-27-,56-53-,57-54-,66-63-. The third-order valence-electron chi connectivity index (χ3n) is 14.3. The van der Waals surface area contributed by atoms with Crippen LogP contribution in [0.5, 0.6) is 0 Å². The van der Waals surface area contributed by atoms with Crippen molar-refractivity contribution in [2.45, 2.75) is 309 Å². The van der Waals surface area contributed by atoms with Crippen molar-refractivity contribution in [3.63, 3.8) is 0 Å². The molecule has 470 valence electrons. The third kappa shape index (κ3) is 68.0. The first-order valence-electron chi connectivity index (χ1n) is 34.3. The van der Waals surface area contributed by atoms with E-state index in [9.17, 15) is 14.4 Å². The van der Waals surface area contributed by atoms with E-state index in [1.807, 2.05) is 6.08 Å². The predicted octanol–water partition coefficient (Wildman–Crippen LogP) is 23.9. The molecule has 0 radical (unpaired) electrons. The van der Waals surface area contributed by atoms with Crippen LogP contribution in [0, 0.1) is 0 Å².